The lowest BCUT2D eigenvalue weighted by molar-refractivity contribution is -0.137. The van der Waals surface area contributed by atoms with E-state index in [-0.39, 0.29) is 10.6 Å². The summed E-state index contributed by atoms with van der Waals surface area (Å²) in [6.07, 6.45) is -3.95. The number of sulfonamides is 1. The fraction of sp³-hybridized carbons (Fsp3) is 0.316. The van der Waals surface area contributed by atoms with E-state index in [4.69, 9.17) is 4.74 Å². The molecule has 0 fully saturated rings. The molecule has 0 bridgehead atoms. The highest BCUT2D eigenvalue weighted by atomic mass is 32.2. The Hall–Kier alpha value is -2.59. The molecule has 0 radical (unpaired) electrons. The van der Waals surface area contributed by atoms with Crippen LogP contribution in [-0.4, -0.2) is 21.0 Å². The first kappa shape index (κ1) is 21.1. The van der Waals surface area contributed by atoms with E-state index in [1.165, 1.54) is 24.3 Å². The van der Waals surface area contributed by atoms with Crippen molar-refractivity contribution in [2.24, 2.45) is 0 Å². The van der Waals surface area contributed by atoms with E-state index in [0.717, 1.165) is 31.0 Å². The Balaban J connectivity index is 1.83. The molecule has 0 spiro atoms. The van der Waals surface area contributed by atoms with Crippen molar-refractivity contribution in [3.8, 4) is 0 Å². The van der Waals surface area contributed by atoms with Crippen LogP contribution in [0.15, 0.2) is 47.4 Å². The van der Waals surface area contributed by atoms with Crippen LogP contribution in [0, 0.1) is 0 Å². The van der Waals surface area contributed by atoms with Crippen LogP contribution in [0.25, 0.3) is 0 Å². The molecule has 2 N–H and O–H groups in total. The first-order chi connectivity index (χ1) is 13.6. The van der Waals surface area contributed by atoms with Crippen LogP contribution in [0.2, 0.25) is 0 Å². The van der Waals surface area contributed by atoms with Gasteiger partial charge in [0.1, 0.15) is 11.1 Å². The number of alkyl halides is 3. The van der Waals surface area contributed by atoms with Gasteiger partial charge < -0.3 is 10.1 Å². The third-order valence-electron chi connectivity index (χ3n) is 4.38. The zero-order valence-corrected chi connectivity index (χ0v) is 16.2. The van der Waals surface area contributed by atoms with E-state index in [0.29, 0.717) is 17.7 Å². The molecule has 1 heterocycles. The van der Waals surface area contributed by atoms with Gasteiger partial charge in [0.2, 0.25) is 10.0 Å². The lowest BCUT2D eigenvalue weighted by Crippen LogP contribution is -2.38. The van der Waals surface area contributed by atoms with E-state index in [1.54, 1.807) is 0 Å². The van der Waals surface area contributed by atoms with Gasteiger partial charge in [0, 0.05) is 0 Å². The molecular formula is C19H19F3N2O4S. The Morgan fingerprint density at radius 3 is 2.45 bits per heavy atom. The second-order valence-electron chi connectivity index (χ2n) is 6.52. The van der Waals surface area contributed by atoms with Crippen molar-refractivity contribution in [2.45, 2.75) is 37.0 Å². The SMILES string of the molecule is CCCCOC(=O)c1ccc([C@H]2Nc3cc(C(F)(F)F)ccc3S(=O)(=O)N2)cc1. The van der Waals surface area contributed by atoms with Gasteiger partial charge >= 0.3 is 12.1 Å². The topological polar surface area (TPSA) is 84.5 Å². The third-order valence-corrected chi connectivity index (χ3v) is 5.86. The van der Waals surface area contributed by atoms with Gasteiger partial charge in [-0.25, -0.2) is 13.2 Å². The van der Waals surface area contributed by atoms with Crippen LogP contribution in [0.5, 0.6) is 0 Å². The molecule has 1 atom stereocenters. The summed E-state index contributed by atoms with van der Waals surface area (Å²) in [5.41, 5.74) is -0.374. The Morgan fingerprint density at radius 1 is 1.14 bits per heavy atom. The molecule has 0 saturated heterocycles. The van der Waals surface area contributed by atoms with Crippen LogP contribution < -0.4 is 10.0 Å². The molecule has 3 rings (SSSR count). The number of unbranched alkanes of at least 4 members (excludes halogenated alkanes) is 1. The summed E-state index contributed by atoms with van der Waals surface area (Å²) in [5, 5.41) is 2.77. The highest BCUT2D eigenvalue weighted by molar-refractivity contribution is 7.89. The van der Waals surface area contributed by atoms with E-state index in [2.05, 4.69) is 10.0 Å². The fourth-order valence-corrected chi connectivity index (χ4v) is 4.10. The first-order valence-corrected chi connectivity index (χ1v) is 10.4. The molecule has 2 aromatic rings. The standard InChI is InChI=1S/C19H19F3N2O4S/c1-2-3-10-28-18(25)13-6-4-12(5-7-13)17-23-15-11-14(19(20,21)22)8-9-16(15)29(26,27)24-17/h4-9,11,17,23-24H,2-3,10H2,1H3/t17-/m0/s1. The quantitative estimate of drug-likeness (QED) is 0.554. The number of hydrogen-bond acceptors (Lipinski definition) is 5. The van der Waals surface area contributed by atoms with Gasteiger partial charge in [-0.05, 0) is 42.3 Å². The number of carbonyl (C=O) groups is 1. The molecule has 0 amide bonds. The van der Waals surface area contributed by atoms with Crippen molar-refractivity contribution >= 4 is 21.7 Å². The van der Waals surface area contributed by atoms with Crippen LogP contribution in [0.3, 0.4) is 0 Å². The monoisotopic (exact) mass is 428 g/mol. The van der Waals surface area contributed by atoms with E-state index >= 15 is 0 Å². The van der Waals surface area contributed by atoms with Crippen LogP contribution in [-0.2, 0) is 20.9 Å². The number of hydrogen-bond donors (Lipinski definition) is 2. The minimum Gasteiger partial charge on any atom is -0.462 e. The summed E-state index contributed by atoms with van der Waals surface area (Å²) >= 11 is 0. The number of halogens is 3. The van der Waals surface area contributed by atoms with Crippen LogP contribution in [0.4, 0.5) is 18.9 Å². The summed E-state index contributed by atoms with van der Waals surface area (Å²) in [4.78, 5) is 11.7. The number of fused-ring (bicyclic) bond motifs is 1. The molecule has 10 heteroatoms. The maximum absolute atomic E-state index is 13.0. The van der Waals surface area contributed by atoms with Crippen molar-refractivity contribution in [1.29, 1.82) is 0 Å². The number of ether oxygens (including phenoxy) is 1. The van der Waals surface area contributed by atoms with Gasteiger partial charge in [0.15, 0.2) is 0 Å². The smallest absolute Gasteiger partial charge is 0.416 e. The molecule has 6 nitrogen and oxygen atoms in total. The normalized spacial score (nSPS) is 17.9. The number of nitrogens with one attached hydrogen (secondary N) is 2. The molecule has 0 aromatic heterocycles. The maximum Gasteiger partial charge on any atom is 0.416 e. The van der Waals surface area contributed by atoms with Crippen molar-refractivity contribution in [2.75, 3.05) is 11.9 Å². The predicted octanol–water partition coefficient (Wildman–Crippen LogP) is 4.06. The third kappa shape index (κ3) is 4.70. The van der Waals surface area contributed by atoms with Crippen molar-refractivity contribution in [3.05, 3.63) is 59.2 Å². The average molecular weight is 428 g/mol. The highest BCUT2D eigenvalue weighted by Gasteiger charge is 2.35. The Morgan fingerprint density at radius 2 is 1.83 bits per heavy atom. The second kappa shape index (κ2) is 8.03. The van der Waals surface area contributed by atoms with Crippen LogP contribution in [0.1, 0.15) is 47.4 Å². The molecule has 0 unspecified atom stereocenters. The van der Waals surface area contributed by atoms with Crippen molar-refractivity contribution in [1.82, 2.24) is 4.72 Å². The van der Waals surface area contributed by atoms with Gasteiger partial charge in [-0.3, -0.25) is 0 Å². The molecule has 0 aliphatic carbocycles. The Labute approximate surface area is 166 Å². The number of benzene rings is 2. The minimum atomic E-state index is -4.60. The lowest BCUT2D eigenvalue weighted by atomic mass is 10.1. The molecule has 29 heavy (non-hydrogen) atoms. The second-order valence-corrected chi connectivity index (χ2v) is 8.20. The van der Waals surface area contributed by atoms with Crippen LogP contribution >= 0.6 is 0 Å². The summed E-state index contributed by atoms with van der Waals surface area (Å²) in [7, 11) is -4.01. The number of carbonyl (C=O) groups excluding carboxylic acids is 1. The molecule has 1 aliphatic rings. The zero-order valence-electron chi connectivity index (χ0n) is 15.4. The zero-order chi connectivity index (χ0) is 21.2. The van der Waals surface area contributed by atoms with E-state index in [9.17, 15) is 26.4 Å². The van der Waals surface area contributed by atoms with Gasteiger partial charge in [-0.1, -0.05) is 25.5 Å². The largest absolute Gasteiger partial charge is 0.462 e. The summed E-state index contributed by atoms with van der Waals surface area (Å²) < 4.78 is 71.2. The van der Waals surface area contributed by atoms with E-state index in [1.807, 2.05) is 6.92 Å². The van der Waals surface area contributed by atoms with Gasteiger partial charge in [0.05, 0.1) is 23.4 Å². The van der Waals surface area contributed by atoms with Gasteiger partial charge in [-0.2, -0.15) is 17.9 Å². The van der Waals surface area contributed by atoms with Gasteiger partial charge in [0.25, 0.3) is 0 Å². The first-order valence-electron chi connectivity index (χ1n) is 8.89. The predicted molar refractivity (Wildman–Crippen MR) is 99.8 cm³/mol. The summed E-state index contributed by atoms with van der Waals surface area (Å²) in [6.45, 7) is 2.27. The highest BCUT2D eigenvalue weighted by Crippen LogP contribution is 2.37. The van der Waals surface area contributed by atoms with Gasteiger partial charge in [-0.15, -0.1) is 0 Å². The van der Waals surface area contributed by atoms with Crippen molar-refractivity contribution in [3.63, 3.8) is 0 Å². The number of anilines is 1. The maximum atomic E-state index is 13.0. The lowest BCUT2D eigenvalue weighted by Gasteiger charge is -2.29. The molecular weight excluding hydrogens is 409 g/mol. The minimum absolute atomic E-state index is 0.147. The molecule has 0 saturated carbocycles. The molecule has 156 valence electrons. The Bertz CT molecular complexity index is 1010. The average Bonchev–Trinajstić information content (AvgIpc) is 2.66. The number of rotatable bonds is 5. The van der Waals surface area contributed by atoms with E-state index < -0.39 is 33.9 Å². The fourth-order valence-electron chi connectivity index (χ4n) is 2.81. The molecule has 1 aliphatic heterocycles. The Kier molecular flexibility index (Phi) is 5.85. The molecule has 2 aromatic carbocycles. The summed E-state index contributed by atoms with van der Waals surface area (Å²) in [6, 6.07) is 8.37. The number of esters is 1. The summed E-state index contributed by atoms with van der Waals surface area (Å²) in [5.74, 6) is -0.498. The van der Waals surface area contributed by atoms with Crippen molar-refractivity contribution < 1.29 is 31.1 Å².